The Kier molecular flexibility index (Phi) is 16.9. The summed E-state index contributed by atoms with van der Waals surface area (Å²) in [5.41, 5.74) is 5.38. The molecule has 1 saturated carbocycles. The van der Waals surface area contributed by atoms with Crippen LogP contribution < -0.4 is 29.9 Å². The number of fused-ring (bicyclic) bond motifs is 1. The summed E-state index contributed by atoms with van der Waals surface area (Å²) >= 11 is 6.18. The fourth-order valence-electron chi connectivity index (χ4n) is 10.7. The third-order valence-electron chi connectivity index (χ3n) is 14.9. The molecule has 15 nitrogen and oxygen atoms in total. The van der Waals surface area contributed by atoms with E-state index in [9.17, 15) is 9.90 Å². The Labute approximate surface area is 418 Å². The predicted octanol–water partition coefficient (Wildman–Crippen LogP) is 7.99. The van der Waals surface area contributed by atoms with Gasteiger partial charge in [0.05, 0.1) is 29.5 Å². The number of halogens is 1. The number of nitrogens with zero attached hydrogens (tertiary/aromatic N) is 9. The molecule has 0 spiro atoms. The van der Waals surface area contributed by atoms with E-state index < -0.39 is 0 Å². The number of nitriles is 1. The number of benzene rings is 2. The Morgan fingerprint density at radius 2 is 1.70 bits per heavy atom. The maximum Gasteiger partial charge on any atom is 0.251 e. The van der Waals surface area contributed by atoms with Crippen LogP contribution in [0.3, 0.4) is 0 Å². The molecule has 4 aliphatic rings. The molecule has 372 valence electrons. The van der Waals surface area contributed by atoms with Gasteiger partial charge in [0.15, 0.2) is 5.65 Å². The van der Waals surface area contributed by atoms with Crippen LogP contribution in [0.2, 0.25) is 5.02 Å². The number of ether oxygens (including phenoxy) is 2. The molecular formula is C54H70ClN11O4. The first-order valence-corrected chi connectivity index (χ1v) is 26.2. The van der Waals surface area contributed by atoms with Crippen molar-refractivity contribution in [1.82, 2.24) is 34.7 Å². The van der Waals surface area contributed by atoms with Crippen molar-refractivity contribution in [3.05, 3.63) is 100 Å². The SMILES string of the molecule is CCc1cnn2c(NCc3ccc(OCCCN4CCN(CC5CCN(c6ccc(C(=O)NC7CCC(Oc8ccc(C#N)c(Cl)c8)CC7)cc6)CC5)CC4)nc3)cc(N3CCCCC3CCO)nc12. The second kappa shape index (κ2) is 24.0. The van der Waals surface area contributed by atoms with Crippen LogP contribution in [0.4, 0.5) is 17.3 Å². The highest BCUT2D eigenvalue weighted by molar-refractivity contribution is 6.31. The number of piperazine rings is 1. The number of rotatable bonds is 19. The van der Waals surface area contributed by atoms with Crippen LogP contribution in [0.15, 0.2) is 73.1 Å². The molecule has 70 heavy (non-hydrogen) atoms. The van der Waals surface area contributed by atoms with Crippen molar-refractivity contribution in [3.63, 3.8) is 0 Å². The lowest BCUT2D eigenvalue weighted by atomic mass is 9.92. The largest absolute Gasteiger partial charge is 0.490 e. The number of amides is 1. The van der Waals surface area contributed by atoms with E-state index in [1.54, 1.807) is 18.2 Å². The zero-order chi connectivity index (χ0) is 48.2. The van der Waals surface area contributed by atoms with E-state index in [2.05, 4.69) is 77.6 Å². The van der Waals surface area contributed by atoms with Crippen LogP contribution in [0.1, 0.15) is 105 Å². The average molecular weight is 973 g/mol. The van der Waals surface area contributed by atoms with Gasteiger partial charge >= 0.3 is 0 Å². The summed E-state index contributed by atoms with van der Waals surface area (Å²) < 4.78 is 14.1. The summed E-state index contributed by atoms with van der Waals surface area (Å²) in [6.07, 6.45) is 15.6. The first-order chi connectivity index (χ1) is 34.3. The Morgan fingerprint density at radius 3 is 2.43 bits per heavy atom. The zero-order valence-electron chi connectivity index (χ0n) is 40.8. The third-order valence-corrected chi connectivity index (χ3v) is 15.2. The maximum absolute atomic E-state index is 13.2. The van der Waals surface area contributed by atoms with E-state index in [1.807, 2.05) is 35.1 Å². The molecule has 3 aromatic heterocycles. The number of pyridine rings is 1. The number of nitrogens with one attached hydrogen (secondary N) is 2. The van der Waals surface area contributed by atoms with Gasteiger partial charge in [0, 0.05) is 125 Å². The van der Waals surface area contributed by atoms with Crippen LogP contribution >= 0.6 is 11.6 Å². The first-order valence-electron chi connectivity index (χ1n) is 25.9. The molecule has 3 saturated heterocycles. The molecule has 1 unspecified atom stereocenters. The smallest absolute Gasteiger partial charge is 0.251 e. The summed E-state index contributed by atoms with van der Waals surface area (Å²) in [6, 6.07) is 21.9. The standard InChI is InChI=1S/C54H70ClN11O4/c1-2-41-37-59-66-50(33-51(61-53(41)66)65-23-4-3-6-46(65)21-30-67)57-35-40-7-18-52(58-36-40)69-31-5-22-62-26-28-63(29-27-62)38-39-19-24-64(25-20-39)45-13-8-42(9-14-45)54(68)60-44-11-16-47(17-12-44)70-48-15-10-43(34-56)49(55)32-48/h7-10,13-15,18,32-33,36-37,39,44,46-47,57,67H,2-6,11-12,16-17,19-31,35,38H2,1H3,(H,60,68). The Hall–Kier alpha value is -5.66. The van der Waals surface area contributed by atoms with Gasteiger partial charge in [-0.05, 0) is 125 Å². The minimum atomic E-state index is -0.0213. The predicted molar refractivity (Wildman–Crippen MR) is 275 cm³/mol. The average Bonchev–Trinajstić information content (AvgIpc) is 3.82. The Balaban J connectivity index is 0.638. The highest BCUT2D eigenvalue weighted by Gasteiger charge is 2.28. The van der Waals surface area contributed by atoms with E-state index in [-0.39, 0.29) is 24.7 Å². The second-order valence-electron chi connectivity index (χ2n) is 19.6. The van der Waals surface area contributed by atoms with Crippen molar-refractivity contribution in [2.24, 2.45) is 5.92 Å². The number of hydrogen-bond donors (Lipinski definition) is 3. The Bertz CT molecular complexity index is 2510. The number of aryl methyl sites for hydroxylation is 1. The molecule has 5 aromatic rings. The van der Waals surface area contributed by atoms with Gasteiger partial charge in [-0.25, -0.2) is 9.97 Å². The normalized spacial score (nSPS) is 20.6. The number of piperidine rings is 2. The van der Waals surface area contributed by atoms with E-state index in [0.29, 0.717) is 52.9 Å². The van der Waals surface area contributed by atoms with Gasteiger partial charge < -0.3 is 44.8 Å². The Morgan fingerprint density at radius 1 is 0.900 bits per heavy atom. The molecule has 2 aromatic carbocycles. The maximum atomic E-state index is 13.2. The third kappa shape index (κ3) is 12.6. The number of hydrogen-bond acceptors (Lipinski definition) is 13. The highest BCUT2D eigenvalue weighted by Crippen LogP contribution is 2.31. The molecule has 1 aliphatic carbocycles. The quantitative estimate of drug-likeness (QED) is 0.0685. The van der Waals surface area contributed by atoms with Crippen LogP contribution in [-0.2, 0) is 13.0 Å². The number of aromatic nitrogens is 4. The van der Waals surface area contributed by atoms with E-state index in [0.717, 1.165) is 139 Å². The summed E-state index contributed by atoms with van der Waals surface area (Å²) in [5.74, 6) is 3.85. The van der Waals surface area contributed by atoms with Crippen molar-refractivity contribution < 1.29 is 19.4 Å². The number of carbonyl (C=O) groups is 1. The van der Waals surface area contributed by atoms with Gasteiger partial charge in [0.25, 0.3) is 5.91 Å². The molecule has 1 amide bonds. The van der Waals surface area contributed by atoms with Crippen molar-refractivity contribution in [3.8, 4) is 17.7 Å². The minimum absolute atomic E-state index is 0.0213. The van der Waals surface area contributed by atoms with E-state index in [4.69, 9.17) is 31.3 Å². The first kappa shape index (κ1) is 49.3. The van der Waals surface area contributed by atoms with Gasteiger partial charge in [0.2, 0.25) is 5.88 Å². The highest BCUT2D eigenvalue weighted by atomic mass is 35.5. The fourth-order valence-corrected chi connectivity index (χ4v) is 10.9. The van der Waals surface area contributed by atoms with Gasteiger partial charge in [-0.15, -0.1) is 0 Å². The van der Waals surface area contributed by atoms with Crippen molar-refractivity contribution in [2.45, 2.75) is 109 Å². The van der Waals surface area contributed by atoms with E-state index >= 15 is 0 Å². The molecule has 16 heteroatoms. The van der Waals surface area contributed by atoms with Crippen molar-refractivity contribution in [2.75, 3.05) is 87.2 Å². The fraction of sp³-hybridized carbons (Fsp3) is 0.537. The van der Waals surface area contributed by atoms with Crippen LogP contribution in [0.5, 0.6) is 11.6 Å². The van der Waals surface area contributed by atoms with Gasteiger partial charge in [-0.1, -0.05) is 24.6 Å². The molecule has 3 N–H and O–H groups in total. The monoisotopic (exact) mass is 972 g/mol. The molecule has 1 atom stereocenters. The number of aliphatic hydroxyl groups is 1. The lowest BCUT2D eigenvalue weighted by molar-refractivity contribution is 0.0894. The number of carbonyl (C=O) groups excluding carboxylic acids is 1. The molecule has 6 heterocycles. The lowest BCUT2D eigenvalue weighted by Crippen LogP contribution is -2.49. The zero-order valence-corrected chi connectivity index (χ0v) is 41.5. The van der Waals surface area contributed by atoms with Gasteiger partial charge in [-0.3, -0.25) is 4.79 Å². The molecular weight excluding hydrogens is 902 g/mol. The van der Waals surface area contributed by atoms with Gasteiger partial charge in [-0.2, -0.15) is 14.9 Å². The van der Waals surface area contributed by atoms with Crippen molar-refractivity contribution in [1.29, 1.82) is 5.26 Å². The van der Waals surface area contributed by atoms with Crippen LogP contribution in [0, 0.1) is 17.2 Å². The summed E-state index contributed by atoms with van der Waals surface area (Å²) in [5, 5.41) is 30.8. The number of anilines is 3. The summed E-state index contributed by atoms with van der Waals surface area (Å²) in [7, 11) is 0. The molecule has 9 rings (SSSR count). The topological polar surface area (TPSA) is 160 Å². The lowest BCUT2D eigenvalue weighted by Gasteiger charge is -2.39. The molecule has 0 bridgehead atoms. The van der Waals surface area contributed by atoms with E-state index in [1.165, 1.54) is 31.5 Å². The van der Waals surface area contributed by atoms with Crippen LogP contribution in [-0.4, -0.2) is 131 Å². The number of aliphatic hydroxyl groups excluding tert-OH is 1. The molecule has 0 radical (unpaired) electrons. The molecule has 4 fully saturated rings. The van der Waals surface area contributed by atoms with Crippen LogP contribution in [0.25, 0.3) is 5.65 Å². The van der Waals surface area contributed by atoms with Crippen molar-refractivity contribution >= 4 is 40.5 Å². The second-order valence-corrected chi connectivity index (χ2v) is 20.0. The summed E-state index contributed by atoms with van der Waals surface area (Å²) in [4.78, 5) is 32.9. The molecule has 3 aliphatic heterocycles. The minimum Gasteiger partial charge on any atom is -0.490 e. The van der Waals surface area contributed by atoms with Gasteiger partial charge in [0.1, 0.15) is 23.5 Å². The summed E-state index contributed by atoms with van der Waals surface area (Å²) in [6.45, 7) is 13.2.